The normalized spacial score (nSPS) is 29.2. The lowest BCUT2D eigenvalue weighted by molar-refractivity contribution is -0.332. The molecule has 2 fully saturated rings. The zero-order chi connectivity index (χ0) is 40.3. The molecule has 7 N–H and O–H groups in total. The first-order chi connectivity index (χ1) is 26.6. The highest BCUT2D eigenvalue weighted by molar-refractivity contribution is 5.69. The van der Waals surface area contributed by atoms with Gasteiger partial charge in [0.2, 0.25) is 0 Å². The summed E-state index contributed by atoms with van der Waals surface area (Å²) >= 11 is 0. The molecule has 0 aromatic carbocycles. The molecular formula is C41H76O14. The van der Waals surface area contributed by atoms with Crippen LogP contribution in [0.25, 0.3) is 0 Å². The van der Waals surface area contributed by atoms with Gasteiger partial charge >= 0.3 is 5.97 Å². The van der Waals surface area contributed by atoms with E-state index in [-0.39, 0.29) is 19.6 Å². The number of aliphatic hydroxyl groups is 7. The highest BCUT2D eigenvalue weighted by atomic mass is 16.7. The van der Waals surface area contributed by atoms with E-state index in [9.17, 15) is 40.5 Å². The number of hydrogen-bond donors (Lipinski definition) is 7. The van der Waals surface area contributed by atoms with Gasteiger partial charge in [0.05, 0.1) is 26.4 Å². The number of unbranched alkanes of at least 4 members (excludes halogenated alkanes) is 16. The topological polar surface area (TPSA) is 214 Å². The third-order valence-corrected chi connectivity index (χ3v) is 10.3. The lowest BCUT2D eigenvalue weighted by atomic mass is 9.98. The Hall–Kier alpha value is -1.27. The van der Waals surface area contributed by atoms with Crippen LogP contribution >= 0.6 is 0 Å². The Morgan fingerprint density at radius 1 is 0.582 bits per heavy atom. The van der Waals surface area contributed by atoms with Crippen LogP contribution < -0.4 is 0 Å². The molecular weight excluding hydrogens is 716 g/mol. The predicted molar refractivity (Wildman–Crippen MR) is 206 cm³/mol. The lowest BCUT2D eigenvalue weighted by Gasteiger charge is -2.42. The standard InChI is InChI=1S/C41H76O14/c1-3-5-7-8-9-10-11-12-13-14-15-16-17-18-19-20-21-23-25-50-27-30(53-33(43)24-22-6-4-2)28-51-40-39(49)37(47)35(45)32(55-40)29-52-41-38(48)36(46)34(44)31(26-42)54-41/h12-13,30-32,34-42,44-49H,3-11,14-29H2,1-2H3/b13-12-. The van der Waals surface area contributed by atoms with Gasteiger partial charge in [-0.1, -0.05) is 109 Å². The summed E-state index contributed by atoms with van der Waals surface area (Å²) in [7, 11) is 0. The quantitative estimate of drug-likeness (QED) is 0.0292. The molecule has 11 unspecified atom stereocenters. The van der Waals surface area contributed by atoms with Crippen LogP contribution in [0, 0.1) is 0 Å². The molecule has 0 aromatic rings. The van der Waals surface area contributed by atoms with E-state index in [2.05, 4.69) is 19.1 Å². The molecule has 55 heavy (non-hydrogen) atoms. The maximum absolute atomic E-state index is 12.6. The number of ether oxygens (including phenoxy) is 6. The van der Waals surface area contributed by atoms with E-state index in [1.54, 1.807) is 0 Å². The summed E-state index contributed by atoms with van der Waals surface area (Å²) < 4.78 is 33.8. The van der Waals surface area contributed by atoms with Gasteiger partial charge in [-0.2, -0.15) is 0 Å². The molecule has 324 valence electrons. The fraction of sp³-hybridized carbons (Fsp3) is 0.927. The van der Waals surface area contributed by atoms with E-state index >= 15 is 0 Å². The van der Waals surface area contributed by atoms with Crippen LogP contribution in [0.1, 0.15) is 142 Å². The van der Waals surface area contributed by atoms with Gasteiger partial charge in [-0.25, -0.2) is 0 Å². The summed E-state index contributed by atoms with van der Waals surface area (Å²) in [6.07, 6.45) is 11.0. The van der Waals surface area contributed by atoms with Crippen molar-refractivity contribution in [1.29, 1.82) is 0 Å². The van der Waals surface area contributed by atoms with Crippen LogP contribution in [0.15, 0.2) is 12.2 Å². The van der Waals surface area contributed by atoms with Crippen molar-refractivity contribution >= 4 is 5.97 Å². The van der Waals surface area contributed by atoms with Gasteiger partial charge in [0.1, 0.15) is 54.9 Å². The smallest absolute Gasteiger partial charge is 0.306 e. The number of carbonyl (C=O) groups is 1. The first kappa shape index (κ1) is 49.9. The molecule has 0 amide bonds. The molecule has 2 aliphatic rings. The van der Waals surface area contributed by atoms with Crippen LogP contribution in [0.5, 0.6) is 0 Å². The first-order valence-electron chi connectivity index (χ1n) is 21.3. The van der Waals surface area contributed by atoms with E-state index in [1.165, 1.54) is 83.5 Å². The Morgan fingerprint density at radius 3 is 1.65 bits per heavy atom. The number of carbonyl (C=O) groups excluding carboxylic acids is 1. The highest BCUT2D eigenvalue weighted by Gasteiger charge is 2.47. The SMILES string of the molecule is CCCCCCCC/C=C\CCCCCCCCCCOCC(COC1OC(COC2OC(CO)C(O)C(O)C2O)C(O)C(O)C1O)OC(=O)CCCCC. The van der Waals surface area contributed by atoms with Crippen LogP contribution in [0.4, 0.5) is 0 Å². The molecule has 2 saturated heterocycles. The highest BCUT2D eigenvalue weighted by Crippen LogP contribution is 2.26. The second-order valence-electron chi connectivity index (χ2n) is 15.2. The molecule has 0 saturated carbocycles. The molecule has 2 aliphatic heterocycles. The summed E-state index contributed by atoms with van der Waals surface area (Å²) in [4.78, 5) is 12.6. The molecule has 14 heteroatoms. The maximum Gasteiger partial charge on any atom is 0.306 e. The van der Waals surface area contributed by atoms with E-state index in [0.717, 1.165) is 32.1 Å². The Balaban J connectivity index is 1.70. The fourth-order valence-corrected chi connectivity index (χ4v) is 6.69. The minimum Gasteiger partial charge on any atom is -0.457 e. The summed E-state index contributed by atoms with van der Waals surface area (Å²) in [5, 5.41) is 71.4. The molecule has 0 bridgehead atoms. The zero-order valence-electron chi connectivity index (χ0n) is 33.7. The van der Waals surface area contributed by atoms with Gasteiger partial charge in [0, 0.05) is 13.0 Å². The van der Waals surface area contributed by atoms with Gasteiger partial charge in [0.25, 0.3) is 0 Å². The molecule has 0 aliphatic carbocycles. The minimum absolute atomic E-state index is 0.0601. The van der Waals surface area contributed by atoms with Gasteiger partial charge < -0.3 is 64.2 Å². The molecule has 0 spiro atoms. The Bertz CT molecular complexity index is 969. The Morgan fingerprint density at radius 2 is 1.07 bits per heavy atom. The summed E-state index contributed by atoms with van der Waals surface area (Å²) in [5.74, 6) is -0.402. The second-order valence-corrected chi connectivity index (χ2v) is 15.2. The third-order valence-electron chi connectivity index (χ3n) is 10.3. The molecule has 2 rings (SSSR count). The van der Waals surface area contributed by atoms with Crippen molar-refractivity contribution in [3.63, 3.8) is 0 Å². The fourth-order valence-electron chi connectivity index (χ4n) is 6.69. The van der Waals surface area contributed by atoms with Crippen molar-refractivity contribution in [1.82, 2.24) is 0 Å². The van der Waals surface area contributed by atoms with Crippen molar-refractivity contribution in [2.75, 3.05) is 33.0 Å². The Kier molecular flexibility index (Phi) is 27.9. The molecule has 14 nitrogen and oxygen atoms in total. The summed E-state index contributed by atoms with van der Waals surface area (Å²) in [6, 6.07) is 0. The number of rotatable bonds is 32. The van der Waals surface area contributed by atoms with E-state index in [1.807, 2.05) is 6.92 Å². The van der Waals surface area contributed by atoms with Crippen LogP contribution in [0.3, 0.4) is 0 Å². The monoisotopic (exact) mass is 793 g/mol. The van der Waals surface area contributed by atoms with Crippen molar-refractivity contribution in [3.05, 3.63) is 12.2 Å². The summed E-state index contributed by atoms with van der Waals surface area (Å²) in [6.45, 7) is 3.48. The number of hydrogen-bond acceptors (Lipinski definition) is 14. The maximum atomic E-state index is 12.6. The third kappa shape index (κ3) is 20.3. The second kappa shape index (κ2) is 30.8. The average molecular weight is 793 g/mol. The van der Waals surface area contributed by atoms with Crippen LogP contribution in [0.2, 0.25) is 0 Å². The van der Waals surface area contributed by atoms with Gasteiger partial charge in [-0.3, -0.25) is 4.79 Å². The van der Waals surface area contributed by atoms with Crippen molar-refractivity contribution < 1.29 is 69.0 Å². The average Bonchev–Trinajstić information content (AvgIpc) is 3.18. The van der Waals surface area contributed by atoms with Crippen LogP contribution in [-0.4, -0.2) is 142 Å². The van der Waals surface area contributed by atoms with Gasteiger partial charge in [0.15, 0.2) is 12.6 Å². The number of allylic oxidation sites excluding steroid dienone is 2. The molecule has 0 aromatic heterocycles. The molecule has 0 radical (unpaired) electrons. The van der Waals surface area contributed by atoms with Crippen molar-refractivity contribution in [2.45, 2.75) is 210 Å². The molecule has 11 atom stereocenters. The number of aliphatic hydroxyl groups excluding tert-OH is 7. The largest absolute Gasteiger partial charge is 0.457 e. The Labute approximate surface area is 329 Å². The van der Waals surface area contributed by atoms with E-state index in [4.69, 9.17) is 28.4 Å². The summed E-state index contributed by atoms with van der Waals surface area (Å²) in [5.41, 5.74) is 0. The zero-order valence-corrected chi connectivity index (χ0v) is 33.7. The van der Waals surface area contributed by atoms with E-state index in [0.29, 0.717) is 13.0 Å². The first-order valence-corrected chi connectivity index (χ1v) is 21.3. The predicted octanol–water partition coefficient (Wildman–Crippen LogP) is 3.95. The van der Waals surface area contributed by atoms with Crippen molar-refractivity contribution in [2.24, 2.45) is 0 Å². The number of esters is 1. The van der Waals surface area contributed by atoms with E-state index < -0.39 is 86.7 Å². The lowest BCUT2D eigenvalue weighted by Crippen LogP contribution is -2.61. The van der Waals surface area contributed by atoms with Gasteiger partial charge in [-0.05, 0) is 38.5 Å². The van der Waals surface area contributed by atoms with Crippen LogP contribution in [-0.2, 0) is 33.2 Å². The van der Waals surface area contributed by atoms with Gasteiger partial charge in [-0.15, -0.1) is 0 Å². The molecule has 2 heterocycles. The van der Waals surface area contributed by atoms with Crippen molar-refractivity contribution in [3.8, 4) is 0 Å². The minimum atomic E-state index is -1.70.